The zero-order valence-electron chi connectivity index (χ0n) is 11.5. The van der Waals surface area contributed by atoms with Crippen LogP contribution in [0, 0.1) is 5.92 Å². The molecular formula is C13H22N2O3. The molecule has 18 heavy (non-hydrogen) atoms. The van der Waals surface area contributed by atoms with E-state index in [-0.39, 0.29) is 0 Å². The Morgan fingerprint density at radius 3 is 2.67 bits per heavy atom. The van der Waals surface area contributed by atoms with Crippen LogP contribution >= 0.6 is 0 Å². The number of hydrogen-bond donors (Lipinski definition) is 1. The van der Waals surface area contributed by atoms with E-state index in [1.807, 2.05) is 0 Å². The summed E-state index contributed by atoms with van der Waals surface area (Å²) in [5, 5.41) is 3.33. The van der Waals surface area contributed by atoms with Crippen LogP contribution in [-0.2, 0) is 11.3 Å². The van der Waals surface area contributed by atoms with Gasteiger partial charge in [0.05, 0.1) is 19.9 Å². The smallest absolute Gasteiger partial charge is 0.183 e. The third-order valence-corrected chi connectivity index (χ3v) is 2.60. The van der Waals surface area contributed by atoms with Crippen molar-refractivity contribution in [2.45, 2.75) is 13.5 Å². The van der Waals surface area contributed by atoms with Crippen LogP contribution in [0.1, 0.15) is 12.6 Å². The lowest BCUT2D eigenvalue weighted by Crippen LogP contribution is -2.24. The first-order valence-corrected chi connectivity index (χ1v) is 5.98. The summed E-state index contributed by atoms with van der Waals surface area (Å²) in [6.45, 7) is 4.40. The van der Waals surface area contributed by atoms with Crippen molar-refractivity contribution >= 4 is 0 Å². The van der Waals surface area contributed by atoms with Gasteiger partial charge < -0.3 is 19.5 Å². The molecule has 1 rings (SSSR count). The topological polar surface area (TPSA) is 52.6 Å². The quantitative estimate of drug-likeness (QED) is 0.761. The second kappa shape index (κ2) is 7.89. The highest BCUT2D eigenvalue weighted by Gasteiger charge is 2.10. The van der Waals surface area contributed by atoms with E-state index < -0.39 is 0 Å². The molecule has 1 atom stereocenters. The van der Waals surface area contributed by atoms with E-state index in [0.29, 0.717) is 24.0 Å². The Kier molecular flexibility index (Phi) is 6.46. The Morgan fingerprint density at radius 1 is 1.28 bits per heavy atom. The van der Waals surface area contributed by atoms with Gasteiger partial charge in [0.1, 0.15) is 0 Å². The van der Waals surface area contributed by atoms with Crippen LogP contribution < -0.4 is 14.8 Å². The molecule has 1 aromatic rings. The molecule has 0 spiro atoms. The number of ether oxygens (including phenoxy) is 3. The zero-order chi connectivity index (χ0) is 13.4. The Bertz CT molecular complexity index is 358. The number of nitrogens with zero attached hydrogens (tertiary/aromatic N) is 1. The molecule has 1 unspecified atom stereocenters. The predicted molar refractivity (Wildman–Crippen MR) is 70.1 cm³/mol. The summed E-state index contributed by atoms with van der Waals surface area (Å²) < 4.78 is 15.6. The van der Waals surface area contributed by atoms with Crippen molar-refractivity contribution < 1.29 is 14.2 Å². The van der Waals surface area contributed by atoms with Crippen LogP contribution in [-0.4, -0.2) is 39.5 Å². The Labute approximate surface area is 108 Å². The molecule has 1 aromatic heterocycles. The summed E-state index contributed by atoms with van der Waals surface area (Å²) in [6.07, 6.45) is 1.72. The van der Waals surface area contributed by atoms with Gasteiger partial charge in [0.25, 0.3) is 0 Å². The van der Waals surface area contributed by atoms with Gasteiger partial charge in [0.15, 0.2) is 11.5 Å². The minimum absolute atomic E-state index is 0.464. The molecular weight excluding hydrogens is 232 g/mol. The van der Waals surface area contributed by atoms with Crippen LogP contribution in [0.15, 0.2) is 12.3 Å². The first-order chi connectivity index (χ1) is 8.72. The average Bonchev–Trinajstić information content (AvgIpc) is 2.38. The minimum atomic E-state index is 0.464. The maximum absolute atomic E-state index is 5.32. The highest BCUT2D eigenvalue weighted by molar-refractivity contribution is 5.42. The molecule has 0 aliphatic heterocycles. The van der Waals surface area contributed by atoms with E-state index in [2.05, 4.69) is 17.2 Å². The van der Waals surface area contributed by atoms with Gasteiger partial charge >= 0.3 is 0 Å². The van der Waals surface area contributed by atoms with Gasteiger partial charge in [-0.15, -0.1) is 0 Å². The van der Waals surface area contributed by atoms with Crippen molar-refractivity contribution in [3.8, 4) is 11.5 Å². The number of aromatic nitrogens is 1. The maximum Gasteiger partial charge on any atom is 0.183 e. The van der Waals surface area contributed by atoms with E-state index >= 15 is 0 Å². The van der Waals surface area contributed by atoms with Gasteiger partial charge in [0, 0.05) is 39.1 Å². The molecule has 1 heterocycles. The molecule has 0 aliphatic rings. The summed E-state index contributed by atoms with van der Waals surface area (Å²) in [5.41, 5.74) is 0.849. The first-order valence-electron chi connectivity index (χ1n) is 5.98. The molecule has 0 saturated heterocycles. The highest BCUT2D eigenvalue weighted by atomic mass is 16.5. The first kappa shape index (κ1) is 14.7. The molecule has 0 bridgehead atoms. The van der Waals surface area contributed by atoms with Gasteiger partial charge in [-0.05, 0) is 5.92 Å². The molecule has 5 nitrogen and oxygen atoms in total. The fourth-order valence-corrected chi connectivity index (χ4v) is 1.76. The second-order valence-electron chi connectivity index (χ2n) is 4.18. The summed E-state index contributed by atoms with van der Waals surface area (Å²) in [7, 11) is 4.95. The van der Waals surface area contributed by atoms with Crippen molar-refractivity contribution in [3.63, 3.8) is 0 Å². The van der Waals surface area contributed by atoms with Crippen molar-refractivity contribution in [3.05, 3.63) is 18.0 Å². The van der Waals surface area contributed by atoms with E-state index in [1.165, 1.54) is 0 Å². The Hall–Kier alpha value is -1.33. The van der Waals surface area contributed by atoms with E-state index in [4.69, 9.17) is 14.2 Å². The molecule has 5 heteroatoms. The predicted octanol–water partition coefficient (Wildman–Crippen LogP) is 1.47. The van der Waals surface area contributed by atoms with Crippen LogP contribution in [0.25, 0.3) is 0 Å². The van der Waals surface area contributed by atoms with Gasteiger partial charge in [-0.25, -0.2) is 0 Å². The van der Waals surface area contributed by atoms with Gasteiger partial charge in [-0.2, -0.15) is 0 Å². The second-order valence-corrected chi connectivity index (χ2v) is 4.18. The third-order valence-electron chi connectivity index (χ3n) is 2.60. The van der Waals surface area contributed by atoms with Crippen molar-refractivity contribution in [1.29, 1.82) is 0 Å². The molecule has 0 aromatic carbocycles. The molecule has 0 fully saturated rings. The normalized spacial score (nSPS) is 12.2. The van der Waals surface area contributed by atoms with Gasteiger partial charge in [-0.3, -0.25) is 4.98 Å². The summed E-state index contributed by atoms with van der Waals surface area (Å²) in [5.74, 6) is 1.85. The van der Waals surface area contributed by atoms with Crippen LogP contribution in [0.4, 0.5) is 0 Å². The average molecular weight is 254 g/mol. The zero-order valence-corrected chi connectivity index (χ0v) is 11.5. The van der Waals surface area contributed by atoms with E-state index in [1.54, 1.807) is 33.6 Å². The standard InChI is InChI=1S/C13H22N2O3/c1-10(9-16-2)7-14-8-11-13(18-4)12(17-3)5-6-15-11/h5-6,10,14H,7-9H2,1-4H3. The molecule has 1 N–H and O–H groups in total. The fourth-order valence-electron chi connectivity index (χ4n) is 1.76. The van der Waals surface area contributed by atoms with Crippen LogP contribution in [0.2, 0.25) is 0 Å². The van der Waals surface area contributed by atoms with Crippen molar-refractivity contribution in [1.82, 2.24) is 10.3 Å². The SMILES string of the molecule is COCC(C)CNCc1nccc(OC)c1OC. The van der Waals surface area contributed by atoms with E-state index in [0.717, 1.165) is 18.8 Å². The number of rotatable bonds is 8. The Morgan fingerprint density at radius 2 is 2.06 bits per heavy atom. The summed E-state index contributed by atoms with van der Waals surface area (Å²) >= 11 is 0. The molecule has 0 aliphatic carbocycles. The summed E-state index contributed by atoms with van der Waals surface area (Å²) in [4.78, 5) is 4.30. The monoisotopic (exact) mass is 254 g/mol. The largest absolute Gasteiger partial charge is 0.493 e. The molecule has 0 saturated carbocycles. The van der Waals surface area contributed by atoms with Crippen molar-refractivity contribution in [2.24, 2.45) is 5.92 Å². The van der Waals surface area contributed by atoms with Gasteiger partial charge in [0.2, 0.25) is 0 Å². The number of pyridine rings is 1. The fraction of sp³-hybridized carbons (Fsp3) is 0.615. The number of nitrogens with one attached hydrogen (secondary N) is 1. The lowest BCUT2D eigenvalue weighted by molar-refractivity contribution is 0.158. The molecule has 0 amide bonds. The highest BCUT2D eigenvalue weighted by Crippen LogP contribution is 2.28. The van der Waals surface area contributed by atoms with Crippen molar-refractivity contribution in [2.75, 3.05) is 34.5 Å². The maximum atomic E-state index is 5.32. The van der Waals surface area contributed by atoms with Gasteiger partial charge in [-0.1, -0.05) is 6.92 Å². The lowest BCUT2D eigenvalue weighted by Gasteiger charge is -2.14. The lowest BCUT2D eigenvalue weighted by atomic mass is 10.2. The number of hydrogen-bond acceptors (Lipinski definition) is 5. The minimum Gasteiger partial charge on any atom is -0.493 e. The molecule has 102 valence electrons. The molecule has 0 radical (unpaired) electrons. The number of methoxy groups -OCH3 is 3. The van der Waals surface area contributed by atoms with E-state index in [9.17, 15) is 0 Å². The Balaban J connectivity index is 2.56. The van der Waals surface area contributed by atoms with Crippen LogP contribution in [0.3, 0.4) is 0 Å². The third kappa shape index (κ3) is 4.16. The summed E-state index contributed by atoms with van der Waals surface area (Å²) in [6, 6.07) is 1.79. The van der Waals surface area contributed by atoms with Crippen LogP contribution in [0.5, 0.6) is 11.5 Å².